The average Bonchev–Trinajstić information content (AvgIpc) is 2.96. The van der Waals surface area contributed by atoms with E-state index < -0.39 is 11.6 Å². The van der Waals surface area contributed by atoms with Crippen LogP contribution in [0.4, 0.5) is 4.79 Å². The number of urea groups is 1. The second-order valence-corrected chi connectivity index (χ2v) is 7.93. The number of nitrogens with zero attached hydrogens (tertiary/aromatic N) is 1. The first-order valence-corrected chi connectivity index (χ1v) is 10.7. The summed E-state index contributed by atoms with van der Waals surface area (Å²) in [7, 11) is 0. The molecule has 1 atom stereocenters. The average molecular weight is 475 g/mol. The second kappa shape index (κ2) is 8.18. The van der Waals surface area contributed by atoms with Crippen molar-refractivity contribution in [2.75, 3.05) is 19.8 Å². The fourth-order valence-electron chi connectivity index (χ4n) is 3.92. The van der Waals surface area contributed by atoms with Crippen LogP contribution in [0.25, 0.3) is 0 Å². The van der Waals surface area contributed by atoms with Crippen LogP contribution in [0.3, 0.4) is 0 Å². The van der Waals surface area contributed by atoms with Gasteiger partial charge >= 0.3 is 6.03 Å². The maximum absolute atomic E-state index is 13.5. The van der Waals surface area contributed by atoms with E-state index >= 15 is 0 Å². The van der Waals surface area contributed by atoms with E-state index in [-0.39, 0.29) is 12.5 Å². The van der Waals surface area contributed by atoms with E-state index in [4.69, 9.17) is 14.2 Å². The smallest absolute Gasteiger partial charge is 0.325 e. The van der Waals surface area contributed by atoms with Crippen molar-refractivity contribution < 1.29 is 23.8 Å². The van der Waals surface area contributed by atoms with Crippen molar-refractivity contribution in [1.82, 2.24) is 10.2 Å². The zero-order chi connectivity index (χ0) is 21.3. The lowest BCUT2D eigenvalue weighted by atomic mass is 9.84. The van der Waals surface area contributed by atoms with Gasteiger partial charge in [0.15, 0.2) is 17.0 Å². The summed E-state index contributed by atoms with van der Waals surface area (Å²) in [6.45, 7) is 5.24. The first-order chi connectivity index (χ1) is 14.5. The molecule has 2 aliphatic heterocycles. The third-order valence-corrected chi connectivity index (χ3v) is 6.04. The van der Waals surface area contributed by atoms with Crippen molar-refractivity contribution in [2.24, 2.45) is 0 Å². The highest BCUT2D eigenvalue weighted by molar-refractivity contribution is 9.10. The molecule has 2 aromatic carbocycles. The summed E-state index contributed by atoms with van der Waals surface area (Å²) >= 11 is 3.54. The molecule has 0 bridgehead atoms. The van der Waals surface area contributed by atoms with Crippen LogP contribution in [-0.4, -0.2) is 36.7 Å². The number of carbonyl (C=O) groups excluding carboxylic acids is 2. The van der Waals surface area contributed by atoms with Crippen molar-refractivity contribution in [3.63, 3.8) is 0 Å². The van der Waals surface area contributed by atoms with Crippen LogP contribution in [-0.2, 0) is 16.9 Å². The second-order valence-electron chi connectivity index (χ2n) is 7.08. The van der Waals surface area contributed by atoms with Gasteiger partial charge in [-0.3, -0.25) is 9.69 Å². The van der Waals surface area contributed by atoms with Gasteiger partial charge in [-0.25, -0.2) is 4.79 Å². The Hall–Kier alpha value is -2.74. The van der Waals surface area contributed by atoms with E-state index in [1.807, 2.05) is 50.2 Å². The highest BCUT2D eigenvalue weighted by Crippen LogP contribution is 2.42. The summed E-state index contributed by atoms with van der Waals surface area (Å²) in [5, 5.41) is 2.92. The van der Waals surface area contributed by atoms with Crippen molar-refractivity contribution in [3.05, 3.63) is 52.0 Å². The van der Waals surface area contributed by atoms with Gasteiger partial charge in [0.05, 0.1) is 26.4 Å². The minimum atomic E-state index is -1.09. The van der Waals surface area contributed by atoms with Gasteiger partial charge in [0, 0.05) is 16.5 Å². The topological polar surface area (TPSA) is 77.1 Å². The van der Waals surface area contributed by atoms with Gasteiger partial charge in [-0.2, -0.15) is 0 Å². The van der Waals surface area contributed by atoms with E-state index in [1.165, 1.54) is 4.90 Å². The Labute approximate surface area is 183 Å². The summed E-state index contributed by atoms with van der Waals surface area (Å²) in [4.78, 5) is 27.6. The van der Waals surface area contributed by atoms with Crippen molar-refractivity contribution in [2.45, 2.75) is 32.4 Å². The molecule has 0 aliphatic carbocycles. The third-order valence-electron chi connectivity index (χ3n) is 5.30. The first kappa shape index (κ1) is 20.5. The number of para-hydroxylation sites is 1. The Balaban J connectivity index is 1.66. The van der Waals surface area contributed by atoms with Gasteiger partial charge < -0.3 is 19.5 Å². The fraction of sp³-hybridized carbons (Fsp3) is 0.364. The molecule has 3 amide bonds. The number of rotatable bonds is 6. The van der Waals surface area contributed by atoms with Gasteiger partial charge in [-0.05, 0) is 37.6 Å². The van der Waals surface area contributed by atoms with Crippen LogP contribution < -0.4 is 19.5 Å². The maximum Gasteiger partial charge on any atom is 0.325 e. The molecule has 2 aromatic rings. The summed E-state index contributed by atoms with van der Waals surface area (Å²) in [5.74, 6) is 1.54. The fourth-order valence-corrected chi connectivity index (χ4v) is 4.37. The first-order valence-electron chi connectivity index (χ1n) is 9.94. The number of hydrogen-bond acceptors (Lipinski definition) is 5. The SMILES string of the molecule is CCOc1cc(Br)c(CN2C(=O)N[C@]3(CCOc4ccccc43)C2=O)cc1OCC. The summed E-state index contributed by atoms with van der Waals surface area (Å²) in [5.41, 5.74) is 0.354. The van der Waals surface area contributed by atoms with Crippen molar-refractivity contribution in [1.29, 1.82) is 0 Å². The van der Waals surface area contributed by atoms with Gasteiger partial charge in [0.1, 0.15) is 5.75 Å². The van der Waals surface area contributed by atoms with Crippen LogP contribution in [0.1, 0.15) is 31.4 Å². The summed E-state index contributed by atoms with van der Waals surface area (Å²) in [6.07, 6.45) is 0.389. The van der Waals surface area contributed by atoms with E-state index in [2.05, 4.69) is 21.2 Å². The number of hydrogen-bond donors (Lipinski definition) is 1. The largest absolute Gasteiger partial charge is 0.493 e. The monoisotopic (exact) mass is 474 g/mol. The number of fused-ring (bicyclic) bond motifs is 2. The predicted octanol–water partition coefficient (Wildman–Crippen LogP) is 3.98. The van der Waals surface area contributed by atoms with Crippen molar-refractivity contribution >= 4 is 27.9 Å². The molecule has 0 unspecified atom stereocenters. The molecule has 2 aliphatic rings. The van der Waals surface area contributed by atoms with Crippen LogP contribution in [0, 0.1) is 0 Å². The highest BCUT2D eigenvalue weighted by atomic mass is 79.9. The van der Waals surface area contributed by atoms with Gasteiger partial charge in [0.2, 0.25) is 0 Å². The van der Waals surface area contributed by atoms with Gasteiger partial charge in [-0.15, -0.1) is 0 Å². The quantitative estimate of drug-likeness (QED) is 0.640. The highest BCUT2D eigenvalue weighted by Gasteiger charge is 2.54. The lowest BCUT2D eigenvalue weighted by molar-refractivity contribution is -0.133. The molecule has 0 saturated carbocycles. The normalized spacial score (nSPS) is 20.0. The van der Waals surface area contributed by atoms with Crippen molar-refractivity contribution in [3.8, 4) is 17.2 Å². The van der Waals surface area contributed by atoms with Crippen LogP contribution in [0.15, 0.2) is 40.9 Å². The lowest BCUT2D eigenvalue weighted by Gasteiger charge is -2.33. The Kier molecular flexibility index (Phi) is 5.60. The molecule has 30 heavy (non-hydrogen) atoms. The van der Waals surface area contributed by atoms with Gasteiger partial charge in [-0.1, -0.05) is 34.1 Å². The standard InChI is InChI=1S/C22H23BrN2O5/c1-3-28-18-11-14(16(23)12-19(18)29-4-2)13-25-20(26)22(24-21(25)27)9-10-30-17-8-6-5-7-15(17)22/h5-8,11-12H,3-4,9-10,13H2,1-2H3,(H,24,27)/t22-/m0/s1. The molecule has 1 saturated heterocycles. The molecule has 2 heterocycles. The van der Waals surface area contributed by atoms with Gasteiger partial charge in [0.25, 0.3) is 5.91 Å². The Morgan fingerprint density at radius 1 is 1.13 bits per heavy atom. The number of imide groups is 1. The van der Waals surface area contributed by atoms with E-state index in [0.29, 0.717) is 49.1 Å². The van der Waals surface area contributed by atoms with E-state index in [1.54, 1.807) is 0 Å². The van der Waals surface area contributed by atoms with Crippen LogP contribution in [0.5, 0.6) is 17.2 Å². The molecule has 1 N–H and O–H groups in total. The lowest BCUT2D eigenvalue weighted by Crippen LogP contribution is -2.47. The number of benzene rings is 2. The summed E-state index contributed by atoms with van der Waals surface area (Å²) in [6, 6.07) is 10.5. The number of carbonyl (C=O) groups is 2. The molecule has 8 heteroatoms. The molecule has 1 spiro atoms. The molecule has 0 aromatic heterocycles. The minimum Gasteiger partial charge on any atom is -0.493 e. The Morgan fingerprint density at radius 3 is 2.57 bits per heavy atom. The number of halogens is 1. The molecule has 158 valence electrons. The molecule has 4 rings (SSSR count). The molecule has 7 nitrogen and oxygen atoms in total. The number of amides is 3. The Morgan fingerprint density at radius 2 is 1.83 bits per heavy atom. The zero-order valence-corrected chi connectivity index (χ0v) is 18.5. The zero-order valence-electron chi connectivity index (χ0n) is 16.9. The maximum atomic E-state index is 13.5. The molecule has 0 radical (unpaired) electrons. The summed E-state index contributed by atoms with van der Waals surface area (Å²) < 4.78 is 17.8. The number of nitrogens with one attached hydrogen (secondary N) is 1. The molecule has 1 fully saturated rings. The van der Waals surface area contributed by atoms with E-state index in [0.717, 1.165) is 10.0 Å². The van der Waals surface area contributed by atoms with Crippen LogP contribution in [0.2, 0.25) is 0 Å². The Bertz CT molecular complexity index is 995. The van der Waals surface area contributed by atoms with Crippen LogP contribution >= 0.6 is 15.9 Å². The third kappa shape index (κ3) is 3.39. The van der Waals surface area contributed by atoms with E-state index in [9.17, 15) is 9.59 Å². The predicted molar refractivity (Wildman–Crippen MR) is 114 cm³/mol. The molecular weight excluding hydrogens is 452 g/mol. The minimum absolute atomic E-state index is 0.114. The number of ether oxygens (including phenoxy) is 3. The molecular formula is C22H23BrN2O5.